The maximum absolute atomic E-state index is 12.4. The molecule has 5 nitrogen and oxygen atoms in total. The van der Waals surface area contributed by atoms with Gasteiger partial charge in [0.15, 0.2) is 0 Å². The average molecular weight is 334 g/mol. The number of hydrogen-bond donors (Lipinski definition) is 3. The molecule has 1 heterocycles. The zero-order chi connectivity index (χ0) is 17.4. The van der Waals surface area contributed by atoms with Gasteiger partial charge in [0.25, 0.3) is 0 Å². The summed E-state index contributed by atoms with van der Waals surface area (Å²) < 4.78 is 0. The number of carbonyl (C=O) groups is 1. The Kier molecular flexibility index (Phi) is 4.01. The number of H-pyrrole nitrogens is 1. The summed E-state index contributed by atoms with van der Waals surface area (Å²) in [6.07, 6.45) is 3.68. The van der Waals surface area contributed by atoms with E-state index in [-0.39, 0.29) is 5.91 Å². The van der Waals surface area contributed by atoms with Crippen LogP contribution in [0.2, 0.25) is 0 Å². The zero-order valence-corrected chi connectivity index (χ0v) is 14.3. The number of aromatic nitrogens is 2. The molecule has 5 heteroatoms. The Hall–Kier alpha value is -2.66. The standard InChI is InChI=1S/C20H22N4O/c1-12-5-7-13(8-6-12)18(21)20(25)22-15-9-10-16-17(11-15)24-19(23-16)14-3-2-4-14/h5-11,14,18H,2-4,21H2,1H3,(H,22,25)(H,23,24). The van der Waals surface area contributed by atoms with Gasteiger partial charge in [0.1, 0.15) is 11.9 Å². The highest BCUT2D eigenvalue weighted by Gasteiger charge is 2.23. The number of hydrogen-bond acceptors (Lipinski definition) is 3. The van der Waals surface area contributed by atoms with E-state index in [9.17, 15) is 4.79 Å². The molecule has 4 N–H and O–H groups in total. The maximum Gasteiger partial charge on any atom is 0.245 e. The second-order valence-electron chi connectivity index (χ2n) is 6.86. The summed E-state index contributed by atoms with van der Waals surface area (Å²) in [6, 6.07) is 12.7. The van der Waals surface area contributed by atoms with Crippen molar-refractivity contribution in [1.29, 1.82) is 0 Å². The SMILES string of the molecule is Cc1ccc(C(N)C(=O)Nc2ccc3nc(C4CCC4)[nH]c3c2)cc1. The van der Waals surface area contributed by atoms with Gasteiger partial charge < -0.3 is 16.0 Å². The van der Waals surface area contributed by atoms with Crippen LogP contribution in [0.1, 0.15) is 48.2 Å². The number of nitrogens with two attached hydrogens (primary N) is 1. The predicted octanol–water partition coefficient (Wildman–Crippen LogP) is 3.78. The Morgan fingerprint density at radius 2 is 2.00 bits per heavy atom. The van der Waals surface area contributed by atoms with Crippen molar-refractivity contribution in [2.45, 2.75) is 38.1 Å². The van der Waals surface area contributed by atoms with Crippen molar-refractivity contribution in [3.63, 3.8) is 0 Å². The molecule has 1 unspecified atom stereocenters. The van der Waals surface area contributed by atoms with Crippen LogP contribution in [-0.2, 0) is 4.79 Å². The predicted molar refractivity (Wildman–Crippen MR) is 99.4 cm³/mol. The average Bonchev–Trinajstić information content (AvgIpc) is 2.95. The number of fused-ring (bicyclic) bond motifs is 1. The van der Waals surface area contributed by atoms with Crippen molar-refractivity contribution in [2.75, 3.05) is 5.32 Å². The molecule has 1 amide bonds. The normalized spacial score (nSPS) is 15.8. The summed E-state index contributed by atoms with van der Waals surface area (Å²) in [6.45, 7) is 2.01. The Bertz CT molecular complexity index is 909. The minimum atomic E-state index is -0.691. The number of nitrogens with one attached hydrogen (secondary N) is 2. The van der Waals surface area contributed by atoms with Crippen LogP contribution in [0.3, 0.4) is 0 Å². The number of rotatable bonds is 4. The van der Waals surface area contributed by atoms with Crippen LogP contribution in [0.25, 0.3) is 11.0 Å². The van der Waals surface area contributed by atoms with Crippen LogP contribution >= 0.6 is 0 Å². The highest BCUT2D eigenvalue weighted by Crippen LogP contribution is 2.35. The number of anilines is 1. The molecule has 0 aliphatic heterocycles. The van der Waals surface area contributed by atoms with Crippen LogP contribution in [-0.4, -0.2) is 15.9 Å². The minimum absolute atomic E-state index is 0.220. The van der Waals surface area contributed by atoms with E-state index >= 15 is 0 Å². The third-order valence-corrected chi connectivity index (χ3v) is 4.98. The lowest BCUT2D eigenvalue weighted by Gasteiger charge is -2.22. The van der Waals surface area contributed by atoms with Crippen LogP contribution in [0, 0.1) is 6.92 Å². The smallest absolute Gasteiger partial charge is 0.245 e. The van der Waals surface area contributed by atoms with Gasteiger partial charge in [-0.15, -0.1) is 0 Å². The summed E-state index contributed by atoms with van der Waals surface area (Å²) in [5.41, 5.74) is 10.6. The summed E-state index contributed by atoms with van der Waals surface area (Å²) in [4.78, 5) is 20.5. The van der Waals surface area contributed by atoms with Crippen molar-refractivity contribution >= 4 is 22.6 Å². The second kappa shape index (κ2) is 6.33. The first kappa shape index (κ1) is 15.8. The lowest BCUT2D eigenvalue weighted by atomic mass is 9.85. The van der Waals surface area contributed by atoms with Crippen molar-refractivity contribution in [2.24, 2.45) is 5.73 Å². The first-order valence-corrected chi connectivity index (χ1v) is 8.73. The number of amides is 1. The molecule has 25 heavy (non-hydrogen) atoms. The van der Waals surface area contributed by atoms with Crippen LogP contribution in [0.5, 0.6) is 0 Å². The highest BCUT2D eigenvalue weighted by molar-refractivity contribution is 5.96. The molecule has 1 atom stereocenters. The van der Waals surface area contributed by atoms with Crippen LogP contribution in [0.4, 0.5) is 5.69 Å². The topological polar surface area (TPSA) is 83.8 Å². The molecule has 0 saturated heterocycles. The van der Waals surface area contributed by atoms with E-state index in [4.69, 9.17) is 5.73 Å². The molecule has 0 radical (unpaired) electrons. The number of nitrogens with zero attached hydrogens (tertiary/aromatic N) is 1. The number of benzene rings is 2. The lowest BCUT2D eigenvalue weighted by Crippen LogP contribution is -2.27. The molecule has 1 saturated carbocycles. The molecule has 0 spiro atoms. The number of aromatic amines is 1. The molecule has 128 valence electrons. The van der Waals surface area contributed by atoms with Crippen molar-refractivity contribution < 1.29 is 4.79 Å². The molecule has 0 bridgehead atoms. The van der Waals surface area contributed by atoms with Crippen molar-refractivity contribution in [1.82, 2.24) is 9.97 Å². The molecular weight excluding hydrogens is 312 g/mol. The summed E-state index contributed by atoms with van der Waals surface area (Å²) in [5.74, 6) is 1.39. The number of aryl methyl sites for hydroxylation is 1. The summed E-state index contributed by atoms with van der Waals surface area (Å²) in [7, 11) is 0. The first-order chi connectivity index (χ1) is 12.1. The van der Waals surface area contributed by atoms with Gasteiger partial charge in [-0.2, -0.15) is 0 Å². The molecular formula is C20H22N4O. The van der Waals surface area contributed by atoms with E-state index in [0.29, 0.717) is 5.92 Å². The van der Waals surface area contributed by atoms with Gasteiger partial charge in [0, 0.05) is 11.6 Å². The van der Waals surface area contributed by atoms with Crippen molar-refractivity contribution in [3.05, 3.63) is 59.4 Å². The van der Waals surface area contributed by atoms with Crippen LogP contribution < -0.4 is 11.1 Å². The largest absolute Gasteiger partial charge is 0.342 e. The summed E-state index contributed by atoms with van der Waals surface area (Å²) >= 11 is 0. The Labute approximate surface area is 146 Å². The highest BCUT2D eigenvalue weighted by atomic mass is 16.2. The Morgan fingerprint density at radius 3 is 2.68 bits per heavy atom. The van der Waals surface area contributed by atoms with Gasteiger partial charge in [-0.1, -0.05) is 36.2 Å². The Morgan fingerprint density at radius 1 is 1.24 bits per heavy atom. The molecule has 1 aromatic heterocycles. The molecule has 2 aromatic carbocycles. The van der Waals surface area contributed by atoms with Gasteiger partial charge >= 0.3 is 0 Å². The molecule has 1 aliphatic carbocycles. The fraction of sp³-hybridized carbons (Fsp3) is 0.300. The van der Waals surface area contributed by atoms with E-state index in [1.54, 1.807) is 0 Å². The van der Waals surface area contributed by atoms with Crippen LogP contribution in [0.15, 0.2) is 42.5 Å². The quantitative estimate of drug-likeness (QED) is 0.679. The zero-order valence-electron chi connectivity index (χ0n) is 14.3. The number of carbonyl (C=O) groups excluding carboxylic acids is 1. The van der Waals surface area contributed by atoms with Gasteiger partial charge in [0.2, 0.25) is 5.91 Å². The molecule has 4 rings (SSSR count). The maximum atomic E-state index is 12.4. The number of imidazole rings is 1. The van der Waals surface area contributed by atoms with Gasteiger partial charge in [-0.05, 0) is 43.5 Å². The third-order valence-electron chi connectivity index (χ3n) is 4.98. The Balaban J connectivity index is 1.51. The lowest BCUT2D eigenvalue weighted by molar-refractivity contribution is -0.117. The van der Waals surface area contributed by atoms with E-state index in [0.717, 1.165) is 33.7 Å². The molecule has 1 aliphatic rings. The third kappa shape index (κ3) is 3.15. The van der Waals surface area contributed by atoms with Crippen molar-refractivity contribution in [3.8, 4) is 0 Å². The fourth-order valence-corrected chi connectivity index (χ4v) is 3.13. The van der Waals surface area contributed by atoms with E-state index in [2.05, 4.69) is 15.3 Å². The van der Waals surface area contributed by atoms with Gasteiger partial charge in [-0.3, -0.25) is 4.79 Å². The molecule has 1 fully saturated rings. The monoisotopic (exact) mass is 334 g/mol. The van der Waals surface area contributed by atoms with E-state index in [1.165, 1.54) is 19.3 Å². The minimum Gasteiger partial charge on any atom is -0.342 e. The first-order valence-electron chi connectivity index (χ1n) is 8.73. The second-order valence-corrected chi connectivity index (χ2v) is 6.86. The van der Waals surface area contributed by atoms with Gasteiger partial charge in [0.05, 0.1) is 11.0 Å². The van der Waals surface area contributed by atoms with E-state index < -0.39 is 6.04 Å². The fourth-order valence-electron chi connectivity index (χ4n) is 3.13. The summed E-state index contributed by atoms with van der Waals surface area (Å²) in [5, 5.41) is 2.90. The molecule has 3 aromatic rings. The van der Waals surface area contributed by atoms with Gasteiger partial charge in [-0.25, -0.2) is 4.98 Å². The van der Waals surface area contributed by atoms with E-state index in [1.807, 2.05) is 49.4 Å².